The lowest BCUT2D eigenvalue weighted by atomic mass is 10.1. The molecule has 6 nitrogen and oxygen atoms in total. The maximum atomic E-state index is 13.0. The number of nitrogens with zero attached hydrogens (tertiary/aromatic N) is 2. The minimum absolute atomic E-state index is 0.0662. The topological polar surface area (TPSA) is 54.3 Å². The number of carbonyl (C=O) groups excluding carboxylic acids is 2. The number of imide groups is 1. The van der Waals surface area contributed by atoms with Crippen molar-refractivity contribution in [2.75, 3.05) is 43.1 Å². The van der Waals surface area contributed by atoms with Crippen molar-refractivity contribution < 1.29 is 19.2 Å². The second kappa shape index (κ2) is 7.64. The van der Waals surface area contributed by atoms with Crippen LogP contribution < -0.4 is 19.4 Å². The third kappa shape index (κ3) is 3.47. The molecule has 2 heterocycles. The smallest absolute Gasteiger partial charge is 0.292 e. The molecule has 0 saturated carbocycles. The minimum Gasteiger partial charge on any atom is -0.497 e. The zero-order valence-electron chi connectivity index (χ0n) is 16.4. The number of quaternary nitrogens is 1. The van der Waals surface area contributed by atoms with Crippen LogP contribution in [0.5, 0.6) is 5.75 Å². The Morgan fingerprint density at radius 3 is 2.36 bits per heavy atom. The molecule has 0 bridgehead atoms. The average Bonchev–Trinajstić information content (AvgIpc) is 3.02. The van der Waals surface area contributed by atoms with Gasteiger partial charge in [0.05, 0.1) is 45.4 Å². The Balaban J connectivity index is 1.42. The van der Waals surface area contributed by atoms with Gasteiger partial charge in [-0.2, -0.15) is 0 Å². The van der Waals surface area contributed by atoms with Gasteiger partial charge in [-0.05, 0) is 48.9 Å². The third-order valence-corrected chi connectivity index (χ3v) is 5.74. The first-order valence-electron chi connectivity index (χ1n) is 9.74. The maximum absolute atomic E-state index is 13.0. The highest BCUT2D eigenvalue weighted by molar-refractivity contribution is 6.21. The van der Waals surface area contributed by atoms with Crippen molar-refractivity contribution in [2.24, 2.45) is 0 Å². The molecule has 0 aromatic heterocycles. The van der Waals surface area contributed by atoms with Gasteiger partial charge in [0, 0.05) is 5.69 Å². The Hall–Kier alpha value is -2.86. The number of benzene rings is 2. The van der Waals surface area contributed by atoms with Crippen molar-refractivity contribution in [3.63, 3.8) is 0 Å². The molecule has 2 saturated heterocycles. The van der Waals surface area contributed by atoms with Crippen LogP contribution in [0.4, 0.5) is 11.4 Å². The number of carbonyl (C=O) groups is 2. The molecule has 4 rings (SSSR count). The van der Waals surface area contributed by atoms with Crippen molar-refractivity contribution >= 4 is 23.2 Å². The minimum atomic E-state index is -0.272. The summed E-state index contributed by atoms with van der Waals surface area (Å²) in [5.41, 5.74) is 2.89. The van der Waals surface area contributed by atoms with Crippen LogP contribution in [-0.4, -0.2) is 51.1 Å². The predicted molar refractivity (Wildman–Crippen MR) is 108 cm³/mol. The van der Waals surface area contributed by atoms with Crippen LogP contribution in [0.25, 0.3) is 0 Å². The molecule has 2 aliphatic heterocycles. The van der Waals surface area contributed by atoms with E-state index in [2.05, 4.69) is 17.0 Å². The van der Waals surface area contributed by atoms with Gasteiger partial charge in [0.15, 0.2) is 6.04 Å². The summed E-state index contributed by atoms with van der Waals surface area (Å²) in [4.78, 5) is 30.5. The van der Waals surface area contributed by atoms with Crippen molar-refractivity contribution in [3.8, 4) is 5.75 Å². The van der Waals surface area contributed by atoms with Crippen molar-refractivity contribution in [3.05, 3.63) is 54.1 Å². The first kappa shape index (κ1) is 18.5. The first-order chi connectivity index (χ1) is 13.6. The molecule has 2 aliphatic rings. The number of rotatable bonds is 4. The number of nitrogens with one attached hydrogen (secondary N) is 1. The second-order valence-electron chi connectivity index (χ2n) is 7.51. The van der Waals surface area contributed by atoms with E-state index in [-0.39, 0.29) is 17.9 Å². The first-order valence-corrected chi connectivity index (χ1v) is 9.74. The van der Waals surface area contributed by atoms with E-state index in [1.54, 1.807) is 7.11 Å². The van der Waals surface area contributed by atoms with Gasteiger partial charge in [0.1, 0.15) is 5.75 Å². The molecular weight excluding hydrogens is 354 g/mol. The van der Waals surface area contributed by atoms with Crippen LogP contribution in [0.15, 0.2) is 48.5 Å². The molecule has 1 atom stereocenters. The van der Waals surface area contributed by atoms with Crippen LogP contribution in [0.3, 0.4) is 0 Å². The van der Waals surface area contributed by atoms with Gasteiger partial charge in [-0.25, -0.2) is 4.90 Å². The zero-order chi connectivity index (χ0) is 19.7. The fraction of sp³-hybridized carbons (Fsp3) is 0.364. The largest absolute Gasteiger partial charge is 0.497 e. The van der Waals surface area contributed by atoms with Crippen molar-refractivity contribution in [2.45, 2.75) is 19.4 Å². The number of anilines is 2. The van der Waals surface area contributed by atoms with Crippen LogP contribution >= 0.6 is 0 Å². The number of amides is 2. The average molecular weight is 380 g/mol. The number of hydrogen-bond acceptors (Lipinski definition) is 4. The van der Waals surface area contributed by atoms with Gasteiger partial charge in [-0.15, -0.1) is 0 Å². The van der Waals surface area contributed by atoms with Crippen LogP contribution in [0, 0.1) is 6.92 Å². The predicted octanol–water partition coefficient (Wildman–Crippen LogP) is 1.04. The summed E-state index contributed by atoms with van der Waals surface area (Å²) >= 11 is 0. The number of hydrogen-bond donors (Lipinski definition) is 1. The van der Waals surface area contributed by atoms with Gasteiger partial charge in [-0.3, -0.25) is 9.59 Å². The van der Waals surface area contributed by atoms with Crippen molar-refractivity contribution in [1.82, 2.24) is 0 Å². The highest BCUT2D eigenvalue weighted by Gasteiger charge is 2.46. The van der Waals surface area contributed by atoms with Gasteiger partial charge in [0.25, 0.3) is 5.91 Å². The normalized spacial score (nSPS) is 20.7. The number of aryl methyl sites for hydroxylation is 1. The quantitative estimate of drug-likeness (QED) is 0.806. The van der Waals surface area contributed by atoms with Crippen LogP contribution in [0.1, 0.15) is 12.0 Å². The lowest BCUT2D eigenvalue weighted by Crippen LogP contribution is -3.19. The molecule has 2 aromatic rings. The fourth-order valence-electron chi connectivity index (χ4n) is 4.18. The van der Waals surface area contributed by atoms with Crippen LogP contribution in [-0.2, 0) is 9.59 Å². The monoisotopic (exact) mass is 380 g/mol. The highest BCUT2D eigenvalue weighted by atomic mass is 16.5. The van der Waals surface area contributed by atoms with E-state index in [1.165, 1.54) is 9.80 Å². The molecule has 2 amide bonds. The Morgan fingerprint density at radius 1 is 1.00 bits per heavy atom. The van der Waals surface area contributed by atoms with E-state index in [0.29, 0.717) is 12.1 Å². The van der Waals surface area contributed by atoms with Gasteiger partial charge in [-0.1, -0.05) is 12.1 Å². The molecule has 0 unspecified atom stereocenters. The molecule has 2 fully saturated rings. The van der Waals surface area contributed by atoms with E-state index in [0.717, 1.165) is 43.2 Å². The van der Waals surface area contributed by atoms with E-state index < -0.39 is 0 Å². The van der Waals surface area contributed by atoms with Gasteiger partial charge >= 0.3 is 0 Å². The van der Waals surface area contributed by atoms with E-state index in [1.807, 2.05) is 43.3 Å². The Morgan fingerprint density at radius 2 is 1.71 bits per heavy atom. The summed E-state index contributed by atoms with van der Waals surface area (Å²) in [6.07, 6.45) is 0.296. The Bertz CT molecular complexity index is 873. The van der Waals surface area contributed by atoms with Crippen molar-refractivity contribution in [1.29, 1.82) is 0 Å². The van der Waals surface area contributed by atoms with Gasteiger partial charge in [0.2, 0.25) is 5.91 Å². The SMILES string of the molecule is COc1ccc(N2CC[NH+]([C@@H]3CC(=O)N(c4cccc(C)c4)C3=O)CC2)cc1. The second-order valence-corrected chi connectivity index (χ2v) is 7.51. The van der Waals surface area contributed by atoms with E-state index in [4.69, 9.17) is 4.74 Å². The third-order valence-electron chi connectivity index (χ3n) is 5.74. The Kier molecular flexibility index (Phi) is 5.05. The molecule has 1 N–H and O–H groups in total. The summed E-state index contributed by atoms with van der Waals surface area (Å²) in [7, 11) is 1.66. The fourth-order valence-corrected chi connectivity index (χ4v) is 4.18. The lowest BCUT2D eigenvalue weighted by Gasteiger charge is -2.35. The molecule has 0 radical (unpaired) electrons. The molecule has 0 spiro atoms. The molecule has 2 aromatic carbocycles. The highest BCUT2D eigenvalue weighted by Crippen LogP contribution is 2.23. The van der Waals surface area contributed by atoms with Crippen LogP contribution in [0.2, 0.25) is 0 Å². The summed E-state index contributed by atoms with van der Waals surface area (Å²) in [6.45, 7) is 5.39. The summed E-state index contributed by atoms with van der Waals surface area (Å²) in [5.74, 6) is 0.688. The maximum Gasteiger partial charge on any atom is 0.292 e. The molecule has 6 heteroatoms. The standard InChI is InChI=1S/C22H25N3O3/c1-16-4-3-5-18(14-16)25-21(26)15-20(22(25)27)24-12-10-23(11-13-24)17-6-8-19(28-2)9-7-17/h3-9,14,20H,10-13,15H2,1-2H3/p+1/t20-/m1/s1. The van der Waals surface area contributed by atoms with E-state index >= 15 is 0 Å². The number of piperazine rings is 1. The number of ether oxygens (including phenoxy) is 1. The molecule has 146 valence electrons. The Labute approximate surface area is 165 Å². The summed E-state index contributed by atoms with van der Waals surface area (Å²) in [6, 6.07) is 15.4. The molecule has 0 aliphatic carbocycles. The van der Waals surface area contributed by atoms with Gasteiger partial charge < -0.3 is 14.5 Å². The lowest BCUT2D eigenvalue weighted by molar-refractivity contribution is -0.915. The zero-order valence-corrected chi connectivity index (χ0v) is 16.4. The molecular formula is C22H26N3O3+. The van der Waals surface area contributed by atoms with E-state index in [9.17, 15) is 9.59 Å². The summed E-state index contributed by atoms with van der Waals surface area (Å²) < 4.78 is 5.22. The number of methoxy groups -OCH3 is 1. The molecule has 28 heavy (non-hydrogen) atoms. The summed E-state index contributed by atoms with van der Waals surface area (Å²) in [5, 5.41) is 0.